The van der Waals surface area contributed by atoms with Crippen molar-refractivity contribution in [3.63, 3.8) is 0 Å². The standard InChI is InChI=1S/C15H14ClFN2O5/c16-14-6-12(1-2-15(14)17)24-13-4-9(18-7-11(21)8-20)3-10(5-13)19(22)23/h1-6,11,18,20-21H,7-8H2. The molecule has 0 bridgehead atoms. The lowest BCUT2D eigenvalue weighted by Crippen LogP contribution is -2.22. The van der Waals surface area contributed by atoms with Gasteiger partial charge in [-0.2, -0.15) is 0 Å². The number of rotatable bonds is 7. The van der Waals surface area contributed by atoms with Gasteiger partial charge in [0.15, 0.2) is 0 Å². The van der Waals surface area contributed by atoms with Crippen LogP contribution in [0.1, 0.15) is 0 Å². The zero-order chi connectivity index (χ0) is 17.7. The topological polar surface area (TPSA) is 105 Å². The summed E-state index contributed by atoms with van der Waals surface area (Å²) in [6.07, 6.45) is -1.01. The maximum atomic E-state index is 13.2. The van der Waals surface area contributed by atoms with Gasteiger partial charge in [-0.1, -0.05) is 11.6 Å². The van der Waals surface area contributed by atoms with Gasteiger partial charge in [0.1, 0.15) is 17.3 Å². The Balaban J connectivity index is 2.25. The van der Waals surface area contributed by atoms with Crippen LogP contribution in [0, 0.1) is 15.9 Å². The molecule has 0 heterocycles. The van der Waals surface area contributed by atoms with E-state index in [1.165, 1.54) is 30.3 Å². The number of hydrogen-bond acceptors (Lipinski definition) is 6. The molecule has 9 heteroatoms. The summed E-state index contributed by atoms with van der Waals surface area (Å²) in [5.74, 6) is -0.264. The van der Waals surface area contributed by atoms with Crippen molar-refractivity contribution in [2.24, 2.45) is 0 Å². The Morgan fingerprint density at radius 2 is 2.04 bits per heavy atom. The molecule has 3 N–H and O–H groups in total. The number of aliphatic hydroxyl groups excluding tert-OH is 2. The second kappa shape index (κ2) is 7.91. The van der Waals surface area contributed by atoms with Gasteiger partial charge in [-0.05, 0) is 12.1 Å². The number of nitro benzene ring substituents is 1. The Bertz CT molecular complexity index is 744. The first-order chi connectivity index (χ1) is 11.4. The van der Waals surface area contributed by atoms with Crippen molar-refractivity contribution in [2.45, 2.75) is 6.10 Å². The molecule has 2 aromatic rings. The zero-order valence-electron chi connectivity index (χ0n) is 12.3. The first-order valence-electron chi connectivity index (χ1n) is 6.84. The monoisotopic (exact) mass is 356 g/mol. The number of nitro groups is 1. The van der Waals surface area contributed by atoms with E-state index >= 15 is 0 Å². The van der Waals surface area contributed by atoms with Crippen molar-refractivity contribution in [1.82, 2.24) is 0 Å². The lowest BCUT2D eigenvalue weighted by Gasteiger charge is -2.12. The molecule has 0 saturated heterocycles. The zero-order valence-corrected chi connectivity index (χ0v) is 13.0. The molecule has 0 fully saturated rings. The lowest BCUT2D eigenvalue weighted by atomic mass is 10.2. The second-order valence-corrected chi connectivity index (χ2v) is 5.28. The summed E-state index contributed by atoms with van der Waals surface area (Å²) in [5.41, 5.74) is 0.0848. The Morgan fingerprint density at radius 3 is 2.67 bits per heavy atom. The SMILES string of the molecule is O=[N+]([O-])c1cc(NCC(O)CO)cc(Oc2ccc(F)c(Cl)c2)c1. The van der Waals surface area contributed by atoms with Gasteiger partial charge in [0, 0.05) is 30.4 Å². The average molecular weight is 357 g/mol. The molecule has 7 nitrogen and oxygen atoms in total. The van der Waals surface area contributed by atoms with Crippen molar-refractivity contribution in [1.29, 1.82) is 0 Å². The van der Waals surface area contributed by atoms with Gasteiger partial charge in [-0.15, -0.1) is 0 Å². The molecule has 128 valence electrons. The number of halogens is 2. The number of nitrogens with zero attached hydrogens (tertiary/aromatic N) is 1. The van der Waals surface area contributed by atoms with Crippen molar-refractivity contribution in [2.75, 3.05) is 18.5 Å². The molecule has 0 saturated carbocycles. The lowest BCUT2D eigenvalue weighted by molar-refractivity contribution is -0.384. The van der Waals surface area contributed by atoms with E-state index < -0.39 is 23.5 Å². The largest absolute Gasteiger partial charge is 0.457 e. The molecule has 2 aromatic carbocycles. The molecule has 0 aliphatic rings. The van der Waals surface area contributed by atoms with Gasteiger partial charge in [0.25, 0.3) is 5.69 Å². The molecule has 2 rings (SSSR count). The maximum Gasteiger partial charge on any atom is 0.275 e. The predicted octanol–water partition coefficient (Wildman–Crippen LogP) is 2.94. The highest BCUT2D eigenvalue weighted by molar-refractivity contribution is 6.30. The summed E-state index contributed by atoms with van der Waals surface area (Å²) in [4.78, 5) is 10.4. The van der Waals surface area contributed by atoms with Crippen molar-refractivity contribution < 1.29 is 24.3 Å². The van der Waals surface area contributed by atoms with E-state index in [4.69, 9.17) is 21.4 Å². The van der Waals surface area contributed by atoms with Gasteiger partial charge >= 0.3 is 0 Å². The highest BCUT2D eigenvalue weighted by atomic mass is 35.5. The molecule has 0 radical (unpaired) electrons. The van der Waals surface area contributed by atoms with Crippen LogP contribution in [0.2, 0.25) is 5.02 Å². The van der Waals surface area contributed by atoms with Crippen LogP contribution in [0.3, 0.4) is 0 Å². The van der Waals surface area contributed by atoms with E-state index in [2.05, 4.69) is 5.32 Å². The summed E-state index contributed by atoms with van der Waals surface area (Å²) in [6.45, 7) is -0.446. The van der Waals surface area contributed by atoms with E-state index in [9.17, 15) is 19.6 Å². The predicted molar refractivity (Wildman–Crippen MR) is 86.2 cm³/mol. The Morgan fingerprint density at radius 1 is 1.29 bits per heavy atom. The summed E-state index contributed by atoms with van der Waals surface area (Å²) in [6, 6.07) is 7.63. The molecule has 0 aromatic heterocycles. The van der Waals surface area contributed by atoms with Crippen molar-refractivity contribution >= 4 is 23.0 Å². The van der Waals surface area contributed by atoms with Gasteiger partial charge < -0.3 is 20.3 Å². The molecule has 1 unspecified atom stereocenters. The number of ether oxygens (including phenoxy) is 1. The van der Waals surface area contributed by atoms with Crippen LogP contribution < -0.4 is 10.1 Å². The minimum absolute atomic E-state index is 0.000512. The molecule has 1 atom stereocenters. The third kappa shape index (κ3) is 4.79. The normalized spacial score (nSPS) is 11.8. The Hall–Kier alpha value is -2.42. The number of non-ortho nitro benzene ring substituents is 1. The molecular weight excluding hydrogens is 343 g/mol. The quantitative estimate of drug-likeness (QED) is 0.520. The van der Waals surface area contributed by atoms with Crippen LogP contribution in [0.5, 0.6) is 11.5 Å². The molecule has 0 amide bonds. The van der Waals surface area contributed by atoms with Crippen LogP contribution in [0.4, 0.5) is 15.8 Å². The first kappa shape index (κ1) is 17.9. The third-order valence-electron chi connectivity index (χ3n) is 2.98. The fourth-order valence-electron chi connectivity index (χ4n) is 1.83. The van der Waals surface area contributed by atoms with Crippen molar-refractivity contribution in [3.8, 4) is 11.5 Å². The summed E-state index contributed by atoms with van der Waals surface area (Å²) in [5, 5.41) is 31.8. The summed E-state index contributed by atoms with van der Waals surface area (Å²) in [7, 11) is 0. The molecule has 0 aliphatic heterocycles. The highest BCUT2D eigenvalue weighted by Crippen LogP contribution is 2.31. The van der Waals surface area contributed by atoms with Crippen LogP contribution in [-0.4, -0.2) is 34.4 Å². The van der Waals surface area contributed by atoms with Gasteiger partial charge in [-0.3, -0.25) is 10.1 Å². The fourth-order valence-corrected chi connectivity index (χ4v) is 2.00. The van der Waals surface area contributed by atoms with Crippen LogP contribution in [0.25, 0.3) is 0 Å². The Kier molecular flexibility index (Phi) is 5.91. The first-order valence-corrected chi connectivity index (χ1v) is 7.22. The minimum Gasteiger partial charge on any atom is -0.457 e. The highest BCUT2D eigenvalue weighted by Gasteiger charge is 2.13. The number of anilines is 1. The second-order valence-electron chi connectivity index (χ2n) is 4.87. The van der Waals surface area contributed by atoms with Crippen LogP contribution in [-0.2, 0) is 0 Å². The van der Waals surface area contributed by atoms with E-state index in [1.54, 1.807) is 0 Å². The number of nitrogens with one attached hydrogen (secondary N) is 1. The number of aliphatic hydroxyl groups is 2. The molecule has 0 spiro atoms. The van der Waals surface area contributed by atoms with Gasteiger partial charge in [0.05, 0.1) is 28.7 Å². The van der Waals surface area contributed by atoms with E-state index in [1.807, 2.05) is 0 Å². The number of benzene rings is 2. The van der Waals surface area contributed by atoms with Crippen molar-refractivity contribution in [3.05, 3.63) is 57.4 Å². The fraction of sp³-hybridized carbons (Fsp3) is 0.200. The summed E-state index contributed by atoms with van der Waals surface area (Å²) >= 11 is 5.67. The summed E-state index contributed by atoms with van der Waals surface area (Å²) < 4.78 is 18.6. The minimum atomic E-state index is -1.01. The molecule has 24 heavy (non-hydrogen) atoms. The van der Waals surface area contributed by atoms with Crippen LogP contribution >= 0.6 is 11.6 Å². The van der Waals surface area contributed by atoms with E-state index in [-0.39, 0.29) is 28.8 Å². The smallest absolute Gasteiger partial charge is 0.275 e. The third-order valence-corrected chi connectivity index (χ3v) is 3.27. The van der Waals surface area contributed by atoms with Gasteiger partial charge in [-0.25, -0.2) is 4.39 Å². The number of hydrogen-bond donors (Lipinski definition) is 3. The Labute approximate surface area is 141 Å². The average Bonchev–Trinajstić information content (AvgIpc) is 2.55. The van der Waals surface area contributed by atoms with E-state index in [0.717, 1.165) is 6.07 Å². The van der Waals surface area contributed by atoms with Crippen LogP contribution in [0.15, 0.2) is 36.4 Å². The van der Waals surface area contributed by atoms with E-state index in [0.29, 0.717) is 5.69 Å². The van der Waals surface area contributed by atoms with Gasteiger partial charge in [0.2, 0.25) is 0 Å². The maximum absolute atomic E-state index is 13.2. The molecule has 0 aliphatic carbocycles. The molecular formula is C15H14ClFN2O5.